The molecule has 0 fully saturated rings. The molecule has 1 heterocycles. The number of halogens is 1. The molecule has 0 spiro atoms. The van der Waals surface area contributed by atoms with Crippen molar-refractivity contribution in [3.63, 3.8) is 0 Å². The normalized spacial score (nSPS) is 10.7. The topological polar surface area (TPSA) is 17.1 Å². The van der Waals surface area contributed by atoms with E-state index in [-0.39, 0.29) is 5.78 Å². The van der Waals surface area contributed by atoms with Gasteiger partial charge in [0.15, 0.2) is 0 Å². The second kappa shape index (κ2) is 6.02. The summed E-state index contributed by atoms with van der Waals surface area (Å²) in [7, 11) is 0. The third kappa shape index (κ3) is 2.98. The Labute approximate surface area is 126 Å². The van der Waals surface area contributed by atoms with E-state index in [0.29, 0.717) is 0 Å². The molecule has 2 rings (SSSR count). The first-order valence-electron chi connectivity index (χ1n) is 6.49. The number of aryl methyl sites for hydroxylation is 3. The van der Waals surface area contributed by atoms with E-state index in [9.17, 15) is 4.79 Å². The molecular formula is C16H17BrOS. The molecule has 2 aromatic rings. The minimum absolute atomic E-state index is 0.144. The third-order valence-electron chi connectivity index (χ3n) is 3.29. The van der Waals surface area contributed by atoms with Crippen LogP contribution in [-0.2, 0) is 12.8 Å². The van der Waals surface area contributed by atoms with Crippen LogP contribution >= 0.6 is 27.3 Å². The lowest BCUT2D eigenvalue weighted by Gasteiger charge is -2.08. The zero-order chi connectivity index (χ0) is 14.0. The molecule has 19 heavy (non-hydrogen) atoms. The van der Waals surface area contributed by atoms with Crippen molar-refractivity contribution in [2.24, 2.45) is 0 Å². The molecule has 1 aromatic carbocycles. The number of rotatable bonds is 4. The average Bonchev–Trinajstić information content (AvgIpc) is 2.77. The Balaban J connectivity index is 2.47. The number of carbonyl (C=O) groups is 1. The Morgan fingerprint density at radius 1 is 1.21 bits per heavy atom. The Bertz CT molecular complexity index is 594. The van der Waals surface area contributed by atoms with E-state index in [1.165, 1.54) is 16.9 Å². The maximum absolute atomic E-state index is 12.6. The summed E-state index contributed by atoms with van der Waals surface area (Å²) in [5.74, 6) is 0.144. The molecule has 0 N–H and O–H groups in total. The SMILES string of the molecule is CCc1ccc(CC)c(C(=O)c2cc(C)c(Br)s2)c1. The number of benzene rings is 1. The van der Waals surface area contributed by atoms with E-state index in [1.807, 2.05) is 19.1 Å². The fourth-order valence-electron chi connectivity index (χ4n) is 2.07. The summed E-state index contributed by atoms with van der Waals surface area (Å²) in [6.45, 7) is 6.22. The van der Waals surface area contributed by atoms with Gasteiger partial charge in [-0.3, -0.25) is 4.79 Å². The van der Waals surface area contributed by atoms with Crippen LogP contribution in [0, 0.1) is 6.92 Å². The lowest BCUT2D eigenvalue weighted by Crippen LogP contribution is -2.04. The van der Waals surface area contributed by atoms with E-state index in [2.05, 4.69) is 41.9 Å². The van der Waals surface area contributed by atoms with Gasteiger partial charge in [0.1, 0.15) is 0 Å². The maximum Gasteiger partial charge on any atom is 0.203 e. The predicted molar refractivity (Wildman–Crippen MR) is 85.4 cm³/mol. The number of ketones is 1. The summed E-state index contributed by atoms with van der Waals surface area (Å²) in [6.07, 6.45) is 1.84. The molecule has 3 heteroatoms. The van der Waals surface area contributed by atoms with Gasteiger partial charge < -0.3 is 0 Å². The summed E-state index contributed by atoms with van der Waals surface area (Å²) in [5, 5.41) is 0. The van der Waals surface area contributed by atoms with Gasteiger partial charge in [0.25, 0.3) is 0 Å². The molecule has 0 saturated carbocycles. The number of thiophene rings is 1. The van der Waals surface area contributed by atoms with E-state index < -0.39 is 0 Å². The third-order valence-corrected chi connectivity index (χ3v) is 5.42. The van der Waals surface area contributed by atoms with Crippen LogP contribution in [0.5, 0.6) is 0 Å². The Morgan fingerprint density at radius 3 is 2.47 bits per heavy atom. The molecule has 1 nitrogen and oxygen atoms in total. The van der Waals surface area contributed by atoms with Gasteiger partial charge in [-0.25, -0.2) is 0 Å². The maximum atomic E-state index is 12.6. The first kappa shape index (κ1) is 14.5. The molecule has 0 atom stereocenters. The number of hydrogen-bond donors (Lipinski definition) is 0. The molecule has 1 aromatic heterocycles. The summed E-state index contributed by atoms with van der Waals surface area (Å²) >= 11 is 5.00. The molecule has 0 amide bonds. The lowest BCUT2D eigenvalue weighted by atomic mass is 9.97. The minimum Gasteiger partial charge on any atom is -0.288 e. The van der Waals surface area contributed by atoms with Crippen molar-refractivity contribution in [3.8, 4) is 0 Å². The quantitative estimate of drug-likeness (QED) is 0.703. The minimum atomic E-state index is 0.144. The fraction of sp³-hybridized carbons (Fsp3) is 0.312. The summed E-state index contributed by atoms with van der Waals surface area (Å²) in [4.78, 5) is 13.5. The molecule has 0 unspecified atom stereocenters. The smallest absolute Gasteiger partial charge is 0.203 e. The second-order valence-corrected chi connectivity index (χ2v) is 6.97. The number of carbonyl (C=O) groups excluding carboxylic acids is 1. The van der Waals surface area contributed by atoms with Crippen molar-refractivity contribution in [1.82, 2.24) is 0 Å². The predicted octanol–water partition coefficient (Wildman–Crippen LogP) is 5.17. The van der Waals surface area contributed by atoms with E-state index in [1.54, 1.807) is 0 Å². The molecular weight excluding hydrogens is 320 g/mol. The highest BCUT2D eigenvalue weighted by molar-refractivity contribution is 9.11. The zero-order valence-electron chi connectivity index (χ0n) is 11.4. The van der Waals surface area contributed by atoms with Crippen molar-refractivity contribution in [1.29, 1.82) is 0 Å². The summed E-state index contributed by atoms with van der Waals surface area (Å²) in [6, 6.07) is 8.21. The highest BCUT2D eigenvalue weighted by Gasteiger charge is 2.16. The molecule has 0 aliphatic carbocycles. The Hall–Kier alpha value is -0.930. The van der Waals surface area contributed by atoms with Crippen molar-refractivity contribution in [3.05, 3.63) is 55.2 Å². The van der Waals surface area contributed by atoms with Gasteiger partial charge in [-0.2, -0.15) is 0 Å². The Morgan fingerprint density at radius 2 is 1.95 bits per heavy atom. The van der Waals surface area contributed by atoms with Gasteiger partial charge in [0, 0.05) is 5.56 Å². The summed E-state index contributed by atoms with van der Waals surface area (Å²) in [5.41, 5.74) is 4.32. The molecule has 0 aliphatic heterocycles. The van der Waals surface area contributed by atoms with Crippen LogP contribution in [0.25, 0.3) is 0 Å². The van der Waals surface area contributed by atoms with Crippen LogP contribution < -0.4 is 0 Å². The first-order valence-corrected chi connectivity index (χ1v) is 8.10. The van der Waals surface area contributed by atoms with Crippen LogP contribution in [0.15, 0.2) is 28.1 Å². The van der Waals surface area contributed by atoms with Crippen molar-refractivity contribution in [2.75, 3.05) is 0 Å². The number of hydrogen-bond acceptors (Lipinski definition) is 2. The molecule has 0 aliphatic rings. The standard InChI is InChI=1S/C16H17BrOS/c1-4-11-6-7-12(5-2)13(9-11)15(18)14-8-10(3)16(17)19-14/h6-9H,4-5H2,1-3H3. The molecule has 0 saturated heterocycles. The molecule has 100 valence electrons. The van der Waals surface area contributed by atoms with E-state index in [0.717, 1.165) is 38.2 Å². The van der Waals surface area contributed by atoms with Crippen LogP contribution in [-0.4, -0.2) is 5.78 Å². The van der Waals surface area contributed by atoms with Gasteiger partial charge in [-0.05, 0) is 64.5 Å². The van der Waals surface area contributed by atoms with Crippen LogP contribution in [0.1, 0.15) is 45.8 Å². The zero-order valence-corrected chi connectivity index (χ0v) is 13.8. The van der Waals surface area contributed by atoms with Crippen LogP contribution in [0.2, 0.25) is 0 Å². The average molecular weight is 337 g/mol. The van der Waals surface area contributed by atoms with Gasteiger partial charge in [0.2, 0.25) is 5.78 Å². The van der Waals surface area contributed by atoms with Gasteiger partial charge in [-0.15, -0.1) is 11.3 Å². The van der Waals surface area contributed by atoms with Gasteiger partial charge >= 0.3 is 0 Å². The van der Waals surface area contributed by atoms with Crippen LogP contribution in [0.4, 0.5) is 0 Å². The lowest BCUT2D eigenvalue weighted by molar-refractivity contribution is 0.104. The van der Waals surface area contributed by atoms with Crippen molar-refractivity contribution in [2.45, 2.75) is 33.6 Å². The molecule has 0 bridgehead atoms. The highest BCUT2D eigenvalue weighted by Crippen LogP contribution is 2.30. The first-order chi connectivity index (χ1) is 9.06. The van der Waals surface area contributed by atoms with Crippen molar-refractivity contribution < 1.29 is 4.79 Å². The Kier molecular flexibility index (Phi) is 4.58. The van der Waals surface area contributed by atoms with E-state index in [4.69, 9.17) is 0 Å². The molecule has 0 radical (unpaired) electrons. The van der Waals surface area contributed by atoms with Gasteiger partial charge in [0.05, 0.1) is 8.66 Å². The van der Waals surface area contributed by atoms with Gasteiger partial charge in [-0.1, -0.05) is 26.0 Å². The van der Waals surface area contributed by atoms with Crippen LogP contribution in [0.3, 0.4) is 0 Å². The largest absolute Gasteiger partial charge is 0.288 e. The highest BCUT2D eigenvalue weighted by atomic mass is 79.9. The van der Waals surface area contributed by atoms with E-state index >= 15 is 0 Å². The second-order valence-electron chi connectivity index (χ2n) is 4.60. The monoisotopic (exact) mass is 336 g/mol. The fourth-order valence-corrected chi connectivity index (χ4v) is 3.56. The summed E-state index contributed by atoms with van der Waals surface area (Å²) < 4.78 is 1.04. The van der Waals surface area contributed by atoms with Crippen molar-refractivity contribution >= 4 is 33.0 Å².